The lowest BCUT2D eigenvalue weighted by atomic mass is 10.1. The van der Waals surface area contributed by atoms with Gasteiger partial charge in [0.2, 0.25) is 21.8 Å². The van der Waals surface area contributed by atoms with Gasteiger partial charge in [-0.15, -0.1) is 0 Å². The monoisotopic (exact) mass is 407 g/mol. The van der Waals surface area contributed by atoms with E-state index in [0.29, 0.717) is 5.56 Å². The molecule has 2 aromatic rings. The molecule has 28 heavy (non-hydrogen) atoms. The summed E-state index contributed by atoms with van der Waals surface area (Å²) in [6.45, 7) is 2.79. The Balaban J connectivity index is 1.78. The molecular weight excluding hydrogens is 385 g/mol. The van der Waals surface area contributed by atoms with Gasteiger partial charge in [0.15, 0.2) is 0 Å². The van der Waals surface area contributed by atoms with Gasteiger partial charge in [0.25, 0.3) is 0 Å². The van der Waals surface area contributed by atoms with Crippen molar-refractivity contribution >= 4 is 21.8 Å². The van der Waals surface area contributed by atoms with Crippen LogP contribution in [0.1, 0.15) is 16.7 Å². The van der Waals surface area contributed by atoms with Crippen molar-refractivity contribution in [2.45, 2.75) is 25.3 Å². The molecule has 2 amide bonds. The fourth-order valence-electron chi connectivity index (χ4n) is 2.26. The molecule has 0 radical (unpaired) electrons. The number of nitrogens with one attached hydrogen (secondary N) is 3. The Morgan fingerprint density at radius 2 is 1.61 bits per heavy atom. The van der Waals surface area contributed by atoms with E-state index in [9.17, 15) is 22.4 Å². The van der Waals surface area contributed by atoms with E-state index < -0.39 is 34.2 Å². The molecule has 0 spiro atoms. The second-order valence-electron chi connectivity index (χ2n) is 6.22. The molecule has 0 unspecified atom stereocenters. The molecule has 3 N–H and O–H groups in total. The molecule has 0 saturated carbocycles. The van der Waals surface area contributed by atoms with E-state index in [1.54, 1.807) is 25.1 Å². The second kappa shape index (κ2) is 9.43. The van der Waals surface area contributed by atoms with Crippen LogP contribution in [0.2, 0.25) is 0 Å². The zero-order chi connectivity index (χ0) is 20.7. The molecule has 0 aliphatic rings. The number of hydrogen-bond acceptors (Lipinski definition) is 4. The quantitative estimate of drug-likeness (QED) is 0.611. The maximum atomic E-state index is 13.5. The predicted molar refractivity (Wildman–Crippen MR) is 102 cm³/mol. The van der Waals surface area contributed by atoms with Gasteiger partial charge in [-0.1, -0.05) is 24.3 Å². The summed E-state index contributed by atoms with van der Waals surface area (Å²) in [6.07, 6.45) is 0. The highest BCUT2D eigenvalue weighted by Crippen LogP contribution is 2.14. The third-order valence-electron chi connectivity index (χ3n) is 4.09. The first-order valence-corrected chi connectivity index (χ1v) is 10.0. The topological polar surface area (TPSA) is 104 Å². The molecule has 0 aromatic heterocycles. The number of halogens is 1. The third-order valence-corrected chi connectivity index (χ3v) is 5.49. The lowest BCUT2D eigenvalue weighted by Crippen LogP contribution is -2.41. The molecule has 0 atom stereocenters. The molecule has 0 aliphatic heterocycles. The highest BCUT2D eigenvalue weighted by atomic mass is 32.2. The van der Waals surface area contributed by atoms with Gasteiger partial charge in [0.05, 0.1) is 18.0 Å². The number of carbonyl (C=O) groups excluding carboxylic acids is 2. The van der Waals surface area contributed by atoms with Gasteiger partial charge in [-0.2, -0.15) is 0 Å². The van der Waals surface area contributed by atoms with Crippen LogP contribution in [0.25, 0.3) is 0 Å². The van der Waals surface area contributed by atoms with Gasteiger partial charge in [-0.25, -0.2) is 17.5 Å². The van der Waals surface area contributed by atoms with E-state index in [2.05, 4.69) is 15.4 Å². The normalized spacial score (nSPS) is 11.1. The summed E-state index contributed by atoms with van der Waals surface area (Å²) in [5.74, 6) is -1.62. The average molecular weight is 407 g/mol. The number of benzene rings is 2. The van der Waals surface area contributed by atoms with Crippen LogP contribution >= 0.6 is 0 Å². The first-order chi connectivity index (χ1) is 13.2. The molecule has 9 heteroatoms. The standard InChI is InChI=1S/C19H22FN3O4S/c1-13-7-8-16(9-14(13)2)28(26,27)23-12-19(25)22-11-18(24)21-10-15-5-3-4-6-17(15)20/h3-9,23H,10-12H2,1-2H3,(H,21,24)(H,22,25). The smallest absolute Gasteiger partial charge is 0.241 e. The molecule has 0 bridgehead atoms. The van der Waals surface area contributed by atoms with E-state index >= 15 is 0 Å². The minimum Gasteiger partial charge on any atom is -0.350 e. The van der Waals surface area contributed by atoms with Gasteiger partial charge in [-0.3, -0.25) is 9.59 Å². The van der Waals surface area contributed by atoms with E-state index in [1.165, 1.54) is 24.3 Å². The summed E-state index contributed by atoms with van der Waals surface area (Å²) < 4.78 is 40.1. The molecule has 2 rings (SSSR count). The van der Waals surface area contributed by atoms with E-state index in [4.69, 9.17) is 0 Å². The Labute approximate surface area is 163 Å². The van der Waals surface area contributed by atoms with Crippen molar-refractivity contribution in [2.75, 3.05) is 13.1 Å². The lowest BCUT2D eigenvalue weighted by molar-refractivity contribution is -0.125. The number of aryl methyl sites for hydroxylation is 2. The van der Waals surface area contributed by atoms with Crippen LogP contribution in [0.15, 0.2) is 47.4 Å². The predicted octanol–water partition coefficient (Wildman–Crippen LogP) is 1.15. The van der Waals surface area contributed by atoms with E-state index in [1.807, 2.05) is 6.92 Å². The van der Waals surface area contributed by atoms with Gasteiger partial charge in [-0.05, 0) is 43.2 Å². The van der Waals surface area contributed by atoms with Crippen LogP contribution in [0, 0.1) is 19.7 Å². The highest BCUT2D eigenvalue weighted by Gasteiger charge is 2.16. The summed E-state index contributed by atoms with van der Waals surface area (Å²) in [6, 6.07) is 10.7. The average Bonchev–Trinajstić information content (AvgIpc) is 2.66. The van der Waals surface area contributed by atoms with Crippen molar-refractivity contribution in [3.63, 3.8) is 0 Å². The fourth-order valence-corrected chi connectivity index (χ4v) is 3.33. The summed E-state index contributed by atoms with van der Waals surface area (Å²) in [5, 5.41) is 4.78. The van der Waals surface area contributed by atoms with Crippen molar-refractivity contribution in [2.24, 2.45) is 0 Å². The highest BCUT2D eigenvalue weighted by molar-refractivity contribution is 7.89. The molecular formula is C19H22FN3O4S. The van der Waals surface area contributed by atoms with Crippen molar-refractivity contribution in [1.29, 1.82) is 0 Å². The van der Waals surface area contributed by atoms with Crippen molar-refractivity contribution in [3.8, 4) is 0 Å². The van der Waals surface area contributed by atoms with Gasteiger partial charge < -0.3 is 10.6 Å². The maximum absolute atomic E-state index is 13.5. The van der Waals surface area contributed by atoms with Crippen LogP contribution in [0.3, 0.4) is 0 Å². The Kier molecular flexibility index (Phi) is 7.24. The fraction of sp³-hybridized carbons (Fsp3) is 0.263. The SMILES string of the molecule is Cc1ccc(S(=O)(=O)NCC(=O)NCC(=O)NCc2ccccc2F)cc1C. The Morgan fingerprint density at radius 1 is 0.929 bits per heavy atom. The number of amides is 2. The second-order valence-corrected chi connectivity index (χ2v) is 7.98. The Morgan fingerprint density at radius 3 is 2.29 bits per heavy atom. The minimum atomic E-state index is -3.84. The third kappa shape index (κ3) is 6.14. The van der Waals surface area contributed by atoms with Crippen molar-refractivity contribution < 1.29 is 22.4 Å². The summed E-state index contributed by atoms with van der Waals surface area (Å²) in [5.41, 5.74) is 2.10. The van der Waals surface area contributed by atoms with Crippen LogP contribution in [0.4, 0.5) is 4.39 Å². The van der Waals surface area contributed by atoms with Crippen LogP contribution < -0.4 is 15.4 Å². The zero-order valence-electron chi connectivity index (χ0n) is 15.6. The van der Waals surface area contributed by atoms with Gasteiger partial charge >= 0.3 is 0 Å². The van der Waals surface area contributed by atoms with Crippen molar-refractivity contribution in [3.05, 3.63) is 65.0 Å². The maximum Gasteiger partial charge on any atom is 0.241 e. The van der Waals surface area contributed by atoms with Gasteiger partial charge in [0.1, 0.15) is 5.82 Å². The van der Waals surface area contributed by atoms with E-state index in [-0.39, 0.29) is 18.0 Å². The molecule has 7 nitrogen and oxygen atoms in total. The molecule has 0 saturated heterocycles. The van der Waals surface area contributed by atoms with Crippen LogP contribution in [-0.2, 0) is 26.2 Å². The molecule has 2 aromatic carbocycles. The summed E-state index contributed by atoms with van der Waals surface area (Å²) >= 11 is 0. The van der Waals surface area contributed by atoms with Crippen molar-refractivity contribution in [1.82, 2.24) is 15.4 Å². The summed E-state index contributed by atoms with van der Waals surface area (Å²) in [4.78, 5) is 23.6. The number of sulfonamides is 1. The number of hydrogen-bond donors (Lipinski definition) is 3. The Hall–Kier alpha value is -2.78. The van der Waals surface area contributed by atoms with Crippen LogP contribution in [-0.4, -0.2) is 33.3 Å². The molecule has 0 aliphatic carbocycles. The largest absolute Gasteiger partial charge is 0.350 e. The molecule has 0 heterocycles. The first-order valence-electron chi connectivity index (χ1n) is 8.53. The molecule has 150 valence electrons. The number of carbonyl (C=O) groups is 2. The minimum absolute atomic E-state index is 0.0131. The first kappa shape index (κ1) is 21.5. The Bertz CT molecular complexity index is 977. The van der Waals surface area contributed by atoms with Crippen LogP contribution in [0.5, 0.6) is 0 Å². The lowest BCUT2D eigenvalue weighted by Gasteiger charge is -2.10. The zero-order valence-corrected chi connectivity index (χ0v) is 16.4. The van der Waals surface area contributed by atoms with Gasteiger partial charge in [0, 0.05) is 12.1 Å². The van der Waals surface area contributed by atoms with E-state index in [0.717, 1.165) is 11.1 Å². The number of rotatable bonds is 8. The summed E-state index contributed by atoms with van der Waals surface area (Å²) in [7, 11) is -3.84. The molecule has 0 fully saturated rings.